The Balaban J connectivity index is 1.82. The number of hydrogen-bond acceptors (Lipinski definition) is 3. The second-order valence-electron chi connectivity index (χ2n) is 7.43. The van der Waals surface area contributed by atoms with Crippen molar-refractivity contribution in [1.82, 2.24) is 10.2 Å². The fourth-order valence-electron chi connectivity index (χ4n) is 4.14. The summed E-state index contributed by atoms with van der Waals surface area (Å²) < 4.78 is 0. The first-order valence-corrected chi connectivity index (χ1v) is 9.31. The topological polar surface area (TPSA) is 35.5 Å². The highest BCUT2D eigenvalue weighted by atomic mass is 16.2. The minimum Gasteiger partial charge on any atom is -0.396 e. The summed E-state index contributed by atoms with van der Waals surface area (Å²) in [5.41, 5.74) is 0. The van der Waals surface area contributed by atoms with Crippen LogP contribution in [0.4, 0.5) is 0 Å². The van der Waals surface area contributed by atoms with Gasteiger partial charge in [-0.1, -0.05) is 19.8 Å². The van der Waals surface area contributed by atoms with E-state index in [-0.39, 0.29) is 0 Å². The summed E-state index contributed by atoms with van der Waals surface area (Å²) >= 11 is 0. The summed E-state index contributed by atoms with van der Waals surface area (Å²) in [5.74, 6) is 1.70. The lowest BCUT2D eigenvalue weighted by Gasteiger charge is -2.41. The van der Waals surface area contributed by atoms with Crippen LogP contribution in [0.15, 0.2) is 0 Å². The number of aliphatic hydroxyl groups is 1. The third kappa shape index (κ3) is 5.54. The van der Waals surface area contributed by atoms with Gasteiger partial charge in [-0.3, -0.25) is 4.90 Å². The first-order chi connectivity index (χ1) is 10.2. The number of nitrogens with zero attached hydrogens (tertiary/aromatic N) is 1. The van der Waals surface area contributed by atoms with Gasteiger partial charge in [-0.05, 0) is 63.8 Å². The van der Waals surface area contributed by atoms with Crippen LogP contribution in [0.25, 0.3) is 0 Å². The van der Waals surface area contributed by atoms with Gasteiger partial charge in [-0.2, -0.15) is 0 Å². The summed E-state index contributed by atoms with van der Waals surface area (Å²) in [6.07, 6.45) is 10.4. The van der Waals surface area contributed by atoms with E-state index in [2.05, 4.69) is 24.1 Å². The molecular weight excluding hydrogens is 260 g/mol. The summed E-state index contributed by atoms with van der Waals surface area (Å²) in [6.45, 7) is 8.69. The second-order valence-corrected chi connectivity index (χ2v) is 7.43. The van der Waals surface area contributed by atoms with Crippen LogP contribution >= 0.6 is 0 Å². The third-order valence-corrected chi connectivity index (χ3v) is 5.72. The van der Waals surface area contributed by atoms with Crippen LogP contribution in [-0.4, -0.2) is 48.3 Å². The zero-order chi connectivity index (χ0) is 15.1. The van der Waals surface area contributed by atoms with Crippen molar-refractivity contribution < 1.29 is 5.11 Å². The van der Waals surface area contributed by atoms with E-state index in [4.69, 9.17) is 5.11 Å². The van der Waals surface area contributed by atoms with Crippen LogP contribution in [0.3, 0.4) is 0 Å². The zero-order valence-electron chi connectivity index (χ0n) is 14.2. The van der Waals surface area contributed by atoms with Crippen molar-refractivity contribution in [2.24, 2.45) is 11.8 Å². The third-order valence-electron chi connectivity index (χ3n) is 5.72. The summed E-state index contributed by atoms with van der Waals surface area (Å²) in [5, 5.41) is 13.0. The van der Waals surface area contributed by atoms with Crippen molar-refractivity contribution in [3.63, 3.8) is 0 Å². The smallest absolute Gasteiger partial charge is 0.0431 e. The molecule has 21 heavy (non-hydrogen) atoms. The minimum atomic E-state index is 0.347. The Kier molecular flexibility index (Phi) is 7.48. The molecule has 2 aliphatic rings. The fraction of sp³-hybridized carbons (Fsp3) is 1.00. The number of aliphatic hydroxyl groups excluding tert-OH is 1. The van der Waals surface area contributed by atoms with Crippen LogP contribution in [-0.2, 0) is 0 Å². The van der Waals surface area contributed by atoms with E-state index in [0.717, 1.165) is 18.3 Å². The molecule has 1 aliphatic carbocycles. The molecule has 0 bridgehead atoms. The number of likely N-dealkylation sites (tertiary alicyclic amines) is 1. The Labute approximate surface area is 131 Å². The van der Waals surface area contributed by atoms with E-state index in [9.17, 15) is 0 Å². The molecule has 0 aromatic carbocycles. The summed E-state index contributed by atoms with van der Waals surface area (Å²) in [6, 6.07) is 1.36. The van der Waals surface area contributed by atoms with E-state index >= 15 is 0 Å². The van der Waals surface area contributed by atoms with Gasteiger partial charge in [0.2, 0.25) is 0 Å². The van der Waals surface area contributed by atoms with Crippen molar-refractivity contribution >= 4 is 0 Å². The molecule has 0 amide bonds. The number of rotatable bonds is 8. The fourth-order valence-corrected chi connectivity index (χ4v) is 4.14. The Hall–Kier alpha value is -0.120. The Bertz CT molecular complexity index is 278. The minimum absolute atomic E-state index is 0.347. The first kappa shape index (κ1) is 17.2. The van der Waals surface area contributed by atoms with Gasteiger partial charge in [0.05, 0.1) is 0 Å². The van der Waals surface area contributed by atoms with Gasteiger partial charge in [0.15, 0.2) is 0 Å². The number of nitrogens with one attached hydrogen (secondary N) is 1. The predicted octanol–water partition coefficient (Wildman–Crippen LogP) is 3.03. The molecule has 0 radical (unpaired) electrons. The summed E-state index contributed by atoms with van der Waals surface area (Å²) in [4.78, 5) is 2.68. The lowest BCUT2D eigenvalue weighted by molar-refractivity contribution is 0.0932. The predicted molar refractivity (Wildman–Crippen MR) is 89.5 cm³/mol. The molecule has 0 aromatic heterocycles. The number of piperidine rings is 1. The van der Waals surface area contributed by atoms with Crippen molar-refractivity contribution in [3.05, 3.63) is 0 Å². The Morgan fingerprint density at radius 2 is 1.95 bits per heavy atom. The molecule has 0 aromatic rings. The van der Waals surface area contributed by atoms with Crippen LogP contribution in [0, 0.1) is 11.8 Å². The Morgan fingerprint density at radius 3 is 2.62 bits per heavy atom. The van der Waals surface area contributed by atoms with E-state index in [1.54, 1.807) is 0 Å². The van der Waals surface area contributed by atoms with Crippen LogP contribution < -0.4 is 5.32 Å². The van der Waals surface area contributed by atoms with E-state index in [1.165, 1.54) is 64.6 Å². The molecular formula is C18H36N2O. The lowest BCUT2D eigenvalue weighted by atomic mass is 9.89. The normalized spacial score (nSPS) is 29.9. The van der Waals surface area contributed by atoms with Gasteiger partial charge in [-0.15, -0.1) is 0 Å². The summed E-state index contributed by atoms with van der Waals surface area (Å²) in [7, 11) is 0. The molecule has 1 heterocycles. The largest absolute Gasteiger partial charge is 0.396 e. The van der Waals surface area contributed by atoms with Crippen molar-refractivity contribution in [1.29, 1.82) is 0 Å². The van der Waals surface area contributed by atoms with Crippen LogP contribution in [0.1, 0.15) is 65.2 Å². The SMILES string of the molecule is CCC(C)N1CC(CCCO)CC(NCC2CCCC2)C1. The maximum atomic E-state index is 9.10. The molecule has 1 aliphatic heterocycles. The highest BCUT2D eigenvalue weighted by Gasteiger charge is 2.29. The average molecular weight is 296 g/mol. The maximum Gasteiger partial charge on any atom is 0.0431 e. The van der Waals surface area contributed by atoms with Crippen LogP contribution in [0.2, 0.25) is 0 Å². The maximum absolute atomic E-state index is 9.10. The lowest BCUT2D eigenvalue weighted by Crippen LogP contribution is -2.52. The van der Waals surface area contributed by atoms with Gasteiger partial charge in [0.25, 0.3) is 0 Å². The van der Waals surface area contributed by atoms with Gasteiger partial charge in [0, 0.05) is 31.8 Å². The van der Waals surface area contributed by atoms with Gasteiger partial charge in [-0.25, -0.2) is 0 Å². The van der Waals surface area contributed by atoms with E-state index in [0.29, 0.717) is 18.7 Å². The van der Waals surface area contributed by atoms with Crippen LogP contribution in [0.5, 0.6) is 0 Å². The molecule has 1 saturated heterocycles. The molecule has 2 fully saturated rings. The van der Waals surface area contributed by atoms with Crippen molar-refractivity contribution in [3.8, 4) is 0 Å². The monoisotopic (exact) mass is 296 g/mol. The second kappa shape index (κ2) is 9.12. The molecule has 3 atom stereocenters. The molecule has 124 valence electrons. The standard InChI is InChI=1S/C18H36N2O/c1-3-15(2)20-13-17(9-6-10-21)11-18(14-20)19-12-16-7-4-5-8-16/h15-19,21H,3-14H2,1-2H3. The van der Waals surface area contributed by atoms with E-state index in [1.807, 2.05) is 0 Å². The molecule has 3 nitrogen and oxygen atoms in total. The van der Waals surface area contributed by atoms with Crippen molar-refractivity contribution in [2.75, 3.05) is 26.2 Å². The quantitative estimate of drug-likeness (QED) is 0.723. The van der Waals surface area contributed by atoms with Gasteiger partial charge < -0.3 is 10.4 Å². The van der Waals surface area contributed by atoms with E-state index < -0.39 is 0 Å². The number of hydrogen-bond donors (Lipinski definition) is 2. The highest BCUT2D eigenvalue weighted by Crippen LogP contribution is 2.26. The zero-order valence-corrected chi connectivity index (χ0v) is 14.2. The first-order valence-electron chi connectivity index (χ1n) is 9.31. The molecule has 2 rings (SSSR count). The highest BCUT2D eigenvalue weighted by molar-refractivity contribution is 4.86. The molecule has 3 unspecified atom stereocenters. The average Bonchev–Trinajstić information content (AvgIpc) is 3.03. The van der Waals surface area contributed by atoms with Gasteiger partial charge in [0.1, 0.15) is 0 Å². The molecule has 3 heteroatoms. The molecule has 0 spiro atoms. The molecule has 1 saturated carbocycles. The molecule has 2 N–H and O–H groups in total. The van der Waals surface area contributed by atoms with Gasteiger partial charge >= 0.3 is 0 Å². The Morgan fingerprint density at radius 1 is 1.19 bits per heavy atom. The van der Waals surface area contributed by atoms with Crippen molar-refractivity contribution in [2.45, 2.75) is 77.3 Å².